The molecule has 1 aromatic carbocycles. The van der Waals surface area contributed by atoms with Gasteiger partial charge in [0.2, 0.25) is 5.91 Å². The van der Waals surface area contributed by atoms with E-state index >= 15 is 0 Å². The Hall–Kier alpha value is -2.10. The van der Waals surface area contributed by atoms with Gasteiger partial charge in [-0.05, 0) is 37.5 Å². The number of hydrogen-bond acceptors (Lipinski definition) is 3. The number of benzene rings is 1. The van der Waals surface area contributed by atoms with Crippen molar-refractivity contribution in [3.8, 4) is 0 Å². The van der Waals surface area contributed by atoms with Crippen LogP contribution in [0.3, 0.4) is 0 Å². The summed E-state index contributed by atoms with van der Waals surface area (Å²) in [7, 11) is 0. The monoisotopic (exact) mass is 270 g/mol. The zero-order chi connectivity index (χ0) is 14.1. The maximum absolute atomic E-state index is 11.6. The van der Waals surface area contributed by atoms with Gasteiger partial charge in [-0.3, -0.25) is 4.79 Å². The fraction of sp³-hybridized carbons (Fsp3) is 0.375. The van der Waals surface area contributed by atoms with E-state index in [4.69, 9.17) is 4.42 Å². The number of aryl methyl sites for hydroxylation is 1. The van der Waals surface area contributed by atoms with E-state index in [-0.39, 0.29) is 5.91 Å². The third kappa shape index (κ3) is 2.22. The van der Waals surface area contributed by atoms with Crippen LogP contribution in [0.1, 0.15) is 30.2 Å². The Labute approximate surface area is 118 Å². The van der Waals surface area contributed by atoms with Gasteiger partial charge in [0, 0.05) is 19.0 Å². The highest BCUT2D eigenvalue weighted by atomic mass is 16.3. The van der Waals surface area contributed by atoms with Crippen LogP contribution in [-0.2, 0) is 4.79 Å². The molecular weight excluding hydrogens is 252 g/mol. The van der Waals surface area contributed by atoms with Crippen LogP contribution in [0.2, 0.25) is 0 Å². The van der Waals surface area contributed by atoms with Crippen LogP contribution in [0.5, 0.6) is 0 Å². The molecule has 0 atom stereocenters. The molecule has 1 aromatic heterocycles. The first-order valence-corrected chi connectivity index (χ1v) is 6.96. The average Bonchev–Trinajstić information content (AvgIpc) is 2.92. The third-order valence-corrected chi connectivity index (χ3v) is 3.96. The average molecular weight is 270 g/mol. The quantitative estimate of drug-likeness (QED) is 0.788. The Morgan fingerprint density at radius 3 is 2.85 bits per heavy atom. The van der Waals surface area contributed by atoms with Crippen molar-refractivity contribution in [3.05, 3.63) is 42.3 Å². The fourth-order valence-corrected chi connectivity index (χ4v) is 2.75. The molecule has 0 N–H and O–H groups in total. The largest absolute Gasteiger partial charge is 0.440 e. The number of piperidine rings is 1. The molecule has 1 aliphatic rings. The normalized spacial score (nSPS) is 16.6. The number of carbonyl (C=O) groups excluding carboxylic acids is 1. The number of amides is 1. The Bertz CT molecular complexity index is 652. The summed E-state index contributed by atoms with van der Waals surface area (Å²) in [6.07, 6.45) is 3.17. The van der Waals surface area contributed by atoms with Crippen LogP contribution >= 0.6 is 0 Å². The lowest BCUT2D eigenvalue weighted by molar-refractivity contribution is -0.127. The first-order chi connectivity index (χ1) is 9.69. The van der Waals surface area contributed by atoms with E-state index in [1.54, 1.807) is 0 Å². The van der Waals surface area contributed by atoms with Crippen LogP contribution in [0.15, 0.2) is 35.3 Å². The number of nitrogens with zero attached hydrogens (tertiary/aromatic N) is 2. The molecule has 3 rings (SSSR count). The van der Waals surface area contributed by atoms with Gasteiger partial charge in [0.25, 0.3) is 0 Å². The van der Waals surface area contributed by atoms with Gasteiger partial charge in [-0.1, -0.05) is 18.7 Å². The van der Waals surface area contributed by atoms with Crippen LogP contribution in [0.25, 0.3) is 11.1 Å². The lowest BCUT2D eigenvalue weighted by Gasteiger charge is -2.29. The molecule has 0 saturated carbocycles. The van der Waals surface area contributed by atoms with Crippen molar-refractivity contribution in [1.29, 1.82) is 0 Å². The maximum Gasteiger partial charge on any atom is 0.245 e. The second kappa shape index (κ2) is 5.12. The van der Waals surface area contributed by atoms with Crippen molar-refractivity contribution >= 4 is 17.0 Å². The number of likely N-dealkylation sites (tertiary alicyclic amines) is 1. The summed E-state index contributed by atoms with van der Waals surface area (Å²) in [5.74, 6) is 1.12. The van der Waals surface area contributed by atoms with E-state index < -0.39 is 0 Å². The van der Waals surface area contributed by atoms with Gasteiger partial charge in [0.1, 0.15) is 5.52 Å². The lowest BCUT2D eigenvalue weighted by atomic mass is 9.97. The van der Waals surface area contributed by atoms with Crippen molar-refractivity contribution in [2.45, 2.75) is 25.7 Å². The molecular formula is C16H18N2O2. The van der Waals surface area contributed by atoms with Gasteiger partial charge in [-0.15, -0.1) is 0 Å². The van der Waals surface area contributed by atoms with Gasteiger partial charge in [-0.25, -0.2) is 4.98 Å². The van der Waals surface area contributed by atoms with Crippen molar-refractivity contribution in [1.82, 2.24) is 9.88 Å². The molecule has 0 aliphatic carbocycles. The van der Waals surface area contributed by atoms with Crippen LogP contribution in [0, 0.1) is 6.92 Å². The molecule has 1 fully saturated rings. The van der Waals surface area contributed by atoms with Gasteiger partial charge in [0.05, 0.1) is 0 Å². The number of para-hydroxylation sites is 1. The second-order valence-corrected chi connectivity index (χ2v) is 5.28. The number of oxazole rings is 1. The molecule has 104 valence electrons. The van der Waals surface area contributed by atoms with Gasteiger partial charge in [-0.2, -0.15) is 0 Å². The molecule has 1 saturated heterocycles. The summed E-state index contributed by atoms with van der Waals surface area (Å²) in [6, 6.07) is 6.00. The topological polar surface area (TPSA) is 46.3 Å². The Balaban J connectivity index is 1.78. The maximum atomic E-state index is 11.6. The zero-order valence-corrected chi connectivity index (χ0v) is 11.6. The molecule has 2 heterocycles. The van der Waals surface area contributed by atoms with Crippen LogP contribution in [-0.4, -0.2) is 28.9 Å². The molecule has 0 bridgehead atoms. The standard InChI is InChI=1S/C16H18N2O2/c1-3-14(19)18-9-7-12(8-10-18)16-17-13-6-4-5-11(2)15(13)20-16/h3-6,12H,1,7-10H2,2H3. The molecule has 20 heavy (non-hydrogen) atoms. The smallest absolute Gasteiger partial charge is 0.245 e. The molecule has 1 aliphatic heterocycles. The van der Waals surface area contributed by atoms with E-state index in [1.165, 1.54) is 6.08 Å². The number of hydrogen-bond donors (Lipinski definition) is 0. The van der Waals surface area contributed by atoms with Crippen molar-refractivity contribution < 1.29 is 9.21 Å². The molecule has 4 nitrogen and oxygen atoms in total. The first-order valence-electron chi connectivity index (χ1n) is 6.96. The van der Waals surface area contributed by atoms with Gasteiger partial charge >= 0.3 is 0 Å². The van der Waals surface area contributed by atoms with Crippen LogP contribution in [0.4, 0.5) is 0 Å². The van der Waals surface area contributed by atoms with E-state index in [9.17, 15) is 4.79 Å². The summed E-state index contributed by atoms with van der Waals surface area (Å²) < 4.78 is 5.93. The number of aromatic nitrogens is 1. The molecule has 2 aromatic rings. The minimum atomic E-state index is 0.0110. The molecule has 0 unspecified atom stereocenters. The SMILES string of the molecule is C=CC(=O)N1CCC(c2nc3cccc(C)c3o2)CC1. The van der Waals surface area contributed by atoms with Gasteiger partial charge < -0.3 is 9.32 Å². The molecule has 0 spiro atoms. The van der Waals surface area contributed by atoms with Crippen LogP contribution < -0.4 is 0 Å². The fourth-order valence-electron chi connectivity index (χ4n) is 2.75. The highest BCUT2D eigenvalue weighted by Gasteiger charge is 2.26. The summed E-state index contributed by atoms with van der Waals surface area (Å²) in [5, 5.41) is 0. The number of carbonyl (C=O) groups is 1. The van der Waals surface area contributed by atoms with E-state index in [0.717, 1.165) is 48.5 Å². The van der Waals surface area contributed by atoms with Crippen molar-refractivity contribution in [2.24, 2.45) is 0 Å². The summed E-state index contributed by atoms with van der Waals surface area (Å²) >= 11 is 0. The minimum Gasteiger partial charge on any atom is -0.440 e. The van der Waals surface area contributed by atoms with E-state index in [1.807, 2.05) is 30.0 Å². The highest BCUT2D eigenvalue weighted by Crippen LogP contribution is 2.30. The Kier molecular flexibility index (Phi) is 3.30. The van der Waals surface area contributed by atoms with E-state index in [0.29, 0.717) is 5.92 Å². The summed E-state index contributed by atoms with van der Waals surface area (Å²) in [6.45, 7) is 7.05. The highest BCUT2D eigenvalue weighted by molar-refractivity contribution is 5.87. The lowest BCUT2D eigenvalue weighted by Crippen LogP contribution is -2.36. The second-order valence-electron chi connectivity index (χ2n) is 5.28. The zero-order valence-electron chi connectivity index (χ0n) is 11.6. The van der Waals surface area contributed by atoms with E-state index in [2.05, 4.69) is 11.6 Å². The molecule has 0 radical (unpaired) electrons. The number of rotatable bonds is 2. The molecule has 1 amide bonds. The minimum absolute atomic E-state index is 0.0110. The van der Waals surface area contributed by atoms with Crippen molar-refractivity contribution in [2.75, 3.05) is 13.1 Å². The Morgan fingerprint density at radius 1 is 1.45 bits per heavy atom. The first kappa shape index (κ1) is 12.9. The summed E-state index contributed by atoms with van der Waals surface area (Å²) in [5.41, 5.74) is 2.91. The predicted octanol–water partition coefficient (Wildman–Crippen LogP) is 3.03. The summed E-state index contributed by atoms with van der Waals surface area (Å²) in [4.78, 5) is 18.0. The van der Waals surface area contributed by atoms with Crippen molar-refractivity contribution in [3.63, 3.8) is 0 Å². The molecule has 4 heteroatoms. The van der Waals surface area contributed by atoms with Gasteiger partial charge in [0.15, 0.2) is 11.5 Å². The number of fused-ring (bicyclic) bond motifs is 1. The Morgan fingerprint density at radius 2 is 2.20 bits per heavy atom. The predicted molar refractivity (Wildman–Crippen MR) is 77.5 cm³/mol. The third-order valence-electron chi connectivity index (χ3n) is 3.96.